The van der Waals surface area contributed by atoms with Crippen LogP contribution in [0.4, 0.5) is 17.3 Å². The Labute approximate surface area is 152 Å². The Balaban J connectivity index is 1.37. The molecule has 0 radical (unpaired) electrons. The van der Waals surface area contributed by atoms with E-state index in [-0.39, 0.29) is 5.41 Å². The van der Waals surface area contributed by atoms with E-state index in [9.17, 15) is 0 Å². The van der Waals surface area contributed by atoms with E-state index in [1.165, 1.54) is 11.3 Å². The number of para-hydroxylation sites is 1. The Bertz CT molecular complexity index is 915. The summed E-state index contributed by atoms with van der Waals surface area (Å²) in [4.78, 5) is 4.37. The predicted molar refractivity (Wildman–Crippen MR) is 101 cm³/mol. The van der Waals surface area contributed by atoms with Gasteiger partial charge in [-0.3, -0.25) is 0 Å². The summed E-state index contributed by atoms with van der Waals surface area (Å²) in [5.74, 6) is 0.590. The number of nitrogens with zero attached hydrogens (tertiary/aromatic N) is 3. The lowest BCUT2D eigenvalue weighted by atomic mass is 9.76. The molecule has 2 aliphatic heterocycles. The molecule has 2 aliphatic rings. The summed E-state index contributed by atoms with van der Waals surface area (Å²) in [6.07, 6.45) is 3.89. The fraction of sp³-hybridized carbons (Fsp3) is 0.300. The zero-order valence-corrected chi connectivity index (χ0v) is 14.5. The molecule has 0 amide bonds. The van der Waals surface area contributed by atoms with Crippen LogP contribution in [-0.2, 0) is 10.2 Å². The number of fused-ring (bicyclic) bond motifs is 2. The van der Waals surface area contributed by atoms with Crippen molar-refractivity contribution in [1.29, 1.82) is 0 Å². The molecule has 0 unspecified atom stereocenters. The van der Waals surface area contributed by atoms with Crippen LogP contribution in [0.3, 0.4) is 0 Å². The van der Waals surface area contributed by atoms with E-state index >= 15 is 0 Å². The van der Waals surface area contributed by atoms with Gasteiger partial charge in [0.2, 0.25) is 5.95 Å². The lowest BCUT2D eigenvalue weighted by molar-refractivity contribution is 0.0567. The predicted octanol–water partition coefficient (Wildman–Crippen LogP) is 3.48. The van der Waals surface area contributed by atoms with Crippen molar-refractivity contribution in [2.45, 2.75) is 18.3 Å². The van der Waals surface area contributed by atoms with Gasteiger partial charge in [0.1, 0.15) is 6.33 Å². The number of hydrogen-bond acceptors (Lipinski definition) is 5. The first-order valence-electron chi connectivity index (χ1n) is 9.03. The molecule has 2 N–H and O–H groups in total. The van der Waals surface area contributed by atoms with E-state index in [4.69, 9.17) is 4.74 Å². The quantitative estimate of drug-likeness (QED) is 0.759. The first-order valence-corrected chi connectivity index (χ1v) is 9.03. The van der Waals surface area contributed by atoms with E-state index in [0.717, 1.165) is 44.0 Å². The lowest BCUT2D eigenvalue weighted by Gasteiger charge is -2.33. The Morgan fingerprint density at radius 1 is 1.08 bits per heavy atom. The molecule has 3 heterocycles. The van der Waals surface area contributed by atoms with Gasteiger partial charge in [0, 0.05) is 36.5 Å². The topological polar surface area (TPSA) is 64.0 Å². The van der Waals surface area contributed by atoms with Crippen molar-refractivity contribution < 1.29 is 4.74 Å². The maximum atomic E-state index is 5.55. The number of benzene rings is 2. The van der Waals surface area contributed by atoms with E-state index in [1.807, 2.05) is 30.3 Å². The second-order valence-corrected chi connectivity index (χ2v) is 6.98. The first-order chi connectivity index (χ1) is 12.8. The van der Waals surface area contributed by atoms with Crippen LogP contribution in [0.2, 0.25) is 0 Å². The number of rotatable bonds is 3. The summed E-state index contributed by atoms with van der Waals surface area (Å²) in [5, 5.41) is 11.4. The normalized spacial score (nSPS) is 17.7. The summed E-state index contributed by atoms with van der Waals surface area (Å²) in [6.45, 7) is 2.69. The Kier molecular flexibility index (Phi) is 3.64. The van der Waals surface area contributed by atoms with Crippen LogP contribution in [0.25, 0.3) is 5.69 Å². The van der Waals surface area contributed by atoms with Gasteiger partial charge in [0.05, 0.1) is 5.69 Å². The molecule has 0 aliphatic carbocycles. The maximum Gasteiger partial charge on any atom is 0.246 e. The minimum atomic E-state index is 0.235. The highest BCUT2D eigenvalue weighted by Crippen LogP contribution is 2.44. The molecule has 0 saturated carbocycles. The molecule has 1 spiro atoms. The molecule has 2 aromatic carbocycles. The highest BCUT2D eigenvalue weighted by atomic mass is 16.5. The smallest absolute Gasteiger partial charge is 0.246 e. The van der Waals surface area contributed by atoms with Gasteiger partial charge in [0.15, 0.2) is 0 Å². The summed E-state index contributed by atoms with van der Waals surface area (Å²) in [5.41, 5.74) is 4.84. The van der Waals surface area contributed by atoms with Gasteiger partial charge in [-0.15, -0.1) is 5.10 Å². The summed E-state index contributed by atoms with van der Waals surface area (Å²) < 4.78 is 7.32. The molecule has 3 aromatic rings. The van der Waals surface area contributed by atoms with Gasteiger partial charge < -0.3 is 15.4 Å². The Morgan fingerprint density at radius 2 is 1.92 bits per heavy atom. The summed E-state index contributed by atoms with van der Waals surface area (Å²) in [7, 11) is 0. The van der Waals surface area contributed by atoms with Crippen LogP contribution in [-0.4, -0.2) is 34.5 Å². The largest absolute Gasteiger partial charge is 0.384 e. The highest BCUT2D eigenvalue weighted by Gasteiger charge is 2.40. The number of nitrogens with one attached hydrogen (secondary N) is 2. The van der Waals surface area contributed by atoms with E-state index < -0.39 is 0 Å². The molecule has 26 heavy (non-hydrogen) atoms. The molecule has 1 fully saturated rings. The Morgan fingerprint density at radius 3 is 2.77 bits per heavy atom. The number of aromatic nitrogens is 3. The minimum absolute atomic E-state index is 0.235. The van der Waals surface area contributed by atoms with Crippen molar-refractivity contribution in [3.05, 3.63) is 60.4 Å². The van der Waals surface area contributed by atoms with Gasteiger partial charge in [0.25, 0.3) is 0 Å². The summed E-state index contributed by atoms with van der Waals surface area (Å²) in [6, 6.07) is 16.5. The molecule has 0 bridgehead atoms. The number of hydrogen-bond donors (Lipinski definition) is 2. The third-order valence-corrected chi connectivity index (χ3v) is 5.43. The van der Waals surface area contributed by atoms with Crippen LogP contribution < -0.4 is 10.6 Å². The van der Waals surface area contributed by atoms with Crippen LogP contribution in [0, 0.1) is 0 Å². The summed E-state index contributed by atoms with van der Waals surface area (Å²) >= 11 is 0. The zero-order chi connectivity index (χ0) is 17.4. The zero-order valence-electron chi connectivity index (χ0n) is 14.5. The molecular formula is C20H21N5O. The molecule has 5 rings (SSSR count). The molecule has 0 atom stereocenters. The molecular weight excluding hydrogens is 326 g/mol. The standard InChI is InChI=1S/C20H21N5O/c1-2-4-16(5-3-1)25-14-22-19(24-25)23-15-6-7-17-18(12-15)21-13-20(17)8-10-26-11-9-20/h1-7,12,14,21H,8-11,13H2,(H,23,24). The van der Waals surface area contributed by atoms with E-state index in [0.29, 0.717) is 5.95 Å². The third-order valence-electron chi connectivity index (χ3n) is 5.43. The van der Waals surface area contributed by atoms with Gasteiger partial charge in [-0.2, -0.15) is 4.98 Å². The van der Waals surface area contributed by atoms with Gasteiger partial charge in [-0.25, -0.2) is 4.68 Å². The third kappa shape index (κ3) is 2.63. The average Bonchev–Trinajstić information content (AvgIpc) is 3.29. The molecule has 6 heteroatoms. The number of ether oxygens (including phenoxy) is 1. The van der Waals surface area contributed by atoms with Gasteiger partial charge >= 0.3 is 0 Å². The van der Waals surface area contributed by atoms with Crippen molar-refractivity contribution in [1.82, 2.24) is 14.8 Å². The fourth-order valence-electron chi connectivity index (χ4n) is 3.95. The Hall–Kier alpha value is -2.86. The number of anilines is 3. The SMILES string of the molecule is c1ccc(-n2cnc(Nc3ccc4c(c3)NCC43CCOCC3)n2)cc1. The van der Waals surface area contributed by atoms with Gasteiger partial charge in [-0.05, 0) is 42.7 Å². The second-order valence-electron chi connectivity index (χ2n) is 6.98. The minimum Gasteiger partial charge on any atom is -0.384 e. The first kappa shape index (κ1) is 15.4. The van der Waals surface area contributed by atoms with Crippen molar-refractivity contribution in [2.75, 3.05) is 30.4 Å². The van der Waals surface area contributed by atoms with E-state index in [2.05, 4.69) is 38.9 Å². The second kappa shape index (κ2) is 6.14. The van der Waals surface area contributed by atoms with Gasteiger partial charge in [-0.1, -0.05) is 24.3 Å². The molecule has 6 nitrogen and oxygen atoms in total. The van der Waals surface area contributed by atoms with Crippen LogP contribution in [0.1, 0.15) is 18.4 Å². The fourth-order valence-corrected chi connectivity index (χ4v) is 3.95. The molecule has 1 aromatic heterocycles. The van der Waals surface area contributed by atoms with Crippen molar-refractivity contribution in [3.63, 3.8) is 0 Å². The lowest BCUT2D eigenvalue weighted by Crippen LogP contribution is -2.35. The van der Waals surface area contributed by atoms with E-state index in [1.54, 1.807) is 11.0 Å². The van der Waals surface area contributed by atoms with Crippen LogP contribution in [0.5, 0.6) is 0 Å². The van der Waals surface area contributed by atoms with Crippen LogP contribution >= 0.6 is 0 Å². The van der Waals surface area contributed by atoms with Crippen molar-refractivity contribution >= 4 is 17.3 Å². The molecule has 132 valence electrons. The van der Waals surface area contributed by atoms with Crippen molar-refractivity contribution in [2.24, 2.45) is 0 Å². The average molecular weight is 347 g/mol. The van der Waals surface area contributed by atoms with Crippen LogP contribution in [0.15, 0.2) is 54.9 Å². The monoisotopic (exact) mass is 347 g/mol. The maximum absolute atomic E-state index is 5.55. The highest BCUT2D eigenvalue weighted by molar-refractivity contribution is 5.69. The van der Waals surface area contributed by atoms with Crippen molar-refractivity contribution in [3.8, 4) is 5.69 Å². The molecule has 1 saturated heterocycles.